The maximum absolute atomic E-state index is 12.7. The Morgan fingerprint density at radius 3 is 2.30 bits per heavy atom. The third-order valence-corrected chi connectivity index (χ3v) is 6.42. The second-order valence-corrected chi connectivity index (χ2v) is 9.18. The highest BCUT2D eigenvalue weighted by atomic mass is 32.2. The fourth-order valence-corrected chi connectivity index (χ4v) is 4.14. The Hall–Kier alpha value is -3.38. The van der Waals surface area contributed by atoms with Crippen LogP contribution in [0.5, 0.6) is 0 Å². The van der Waals surface area contributed by atoms with Crippen molar-refractivity contribution in [3.8, 4) is 22.3 Å². The zero-order valence-corrected chi connectivity index (χ0v) is 17.6. The van der Waals surface area contributed by atoms with Crippen molar-refractivity contribution in [1.82, 2.24) is 4.57 Å². The lowest BCUT2D eigenvalue weighted by Crippen LogP contribution is -2.16. The van der Waals surface area contributed by atoms with Gasteiger partial charge in [0.25, 0.3) is 5.56 Å². The summed E-state index contributed by atoms with van der Waals surface area (Å²) in [6, 6.07) is 23.0. The van der Waals surface area contributed by atoms with E-state index >= 15 is 0 Å². The van der Waals surface area contributed by atoms with E-state index in [-0.39, 0.29) is 11.3 Å². The highest BCUT2D eigenvalue weighted by molar-refractivity contribution is 7.92. The van der Waals surface area contributed by atoms with Gasteiger partial charge in [0.2, 0.25) is 10.0 Å². The highest BCUT2D eigenvalue weighted by Crippen LogP contribution is 2.32. The monoisotopic (exact) mass is 418 g/mol. The Kier molecular flexibility index (Phi) is 5.18. The average molecular weight is 419 g/mol. The third-order valence-electron chi connectivity index (χ3n) is 5.12. The number of sulfonamides is 1. The molecule has 1 aromatic heterocycles. The molecular formula is C24H22N2O3S. The molecule has 1 N–H and O–H groups in total. The van der Waals surface area contributed by atoms with Crippen LogP contribution in [0.2, 0.25) is 0 Å². The molecule has 0 spiro atoms. The summed E-state index contributed by atoms with van der Waals surface area (Å²) in [5, 5.41) is 1.45. The fourth-order valence-electron chi connectivity index (χ4n) is 3.51. The van der Waals surface area contributed by atoms with Crippen molar-refractivity contribution in [2.45, 2.75) is 6.92 Å². The van der Waals surface area contributed by atoms with Gasteiger partial charge in [-0.3, -0.25) is 9.52 Å². The minimum Gasteiger partial charge on any atom is -0.317 e. The van der Waals surface area contributed by atoms with E-state index in [1.807, 2.05) is 54.6 Å². The number of benzene rings is 3. The summed E-state index contributed by atoms with van der Waals surface area (Å²) in [4.78, 5) is 12.7. The summed E-state index contributed by atoms with van der Waals surface area (Å²) >= 11 is 0. The molecule has 0 radical (unpaired) electrons. The molecule has 0 aliphatic rings. The summed E-state index contributed by atoms with van der Waals surface area (Å²) in [7, 11) is -1.65. The smallest absolute Gasteiger partial charge is 0.258 e. The minimum absolute atomic E-state index is 0.000429. The van der Waals surface area contributed by atoms with Crippen molar-refractivity contribution in [1.29, 1.82) is 0 Å². The molecule has 0 atom stereocenters. The summed E-state index contributed by atoms with van der Waals surface area (Å²) in [6.07, 6.45) is 1.80. The van der Waals surface area contributed by atoms with Gasteiger partial charge in [0.05, 0.1) is 5.75 Å². The lowest BCUT2D eigenvalue weighted by molar-refractivity contribution is 0.602. The van der Waals surface area contributed by atoms with Crippen molar-refractivity contribution in [2.75, 3.05) is 10.5 Å². The van der Waals surface area contributed by atoms with Gasteiger partial charge in [-0.15, -0.1) is 0 Å². The van der Waals surface area contributed by atoms with E-state index in [0.29, 0.717) is 11.1 Å². The third kappa shape index (κ3) is 3.86. The van der Waals surface area contributed by atoms with Gasteiger partial charge in [-0.2, -0.15) is 0 Å². The Balaban J connectivity index is 1.92. The maximum atomic E-state index is 12.7. The lowest BCUT2D eigenvalue weighted by atomic mass is 9.96. The van der Waals surface area contributed by atoms with E-state index in [4.69, 9.17) is 0 Å². The molecule has 0 aliphatic heterocycles. The lowest BCUT2D eigenvalue weighted by Gasteiger charge is -2.13. The number of nitrogens with zero attached hydrogens (tertiary/aromatic N) is 1. The highest BCUT2D eigenvalue weighted by Gasteiger charge is 2.13. The molecule has 0 unspecified atom stereocenters. The van der Waals surface area contributed by atoms with Gasteiger partial charge in [-0.1, -0.05) is 48.5 Å². The summed E-state index contributed by atoms with van der Waals surface area (Å²) in [5.74, 6) is 0.000429. The van der Waals surface area contributed by atoms with Crippen LogP contribution >= 0.6 is 0 Å². The number of hydrogen-bond acceptors (Lipinski definition) is 3. The van der Waals surface area contributed by atoms with Gasteiger partial charge in [-0.05, 0) is 53.3 Å². The molecule has 152 valence electrons. The molecule has 5 nitrogen and oxygen atoms in total. The number of aryl methyl sites for hydroxylation is 1. The van der Waals surface area contributed by atoms with Gasteiger partial charge in [0, 0.05) is 29.9 Å². The van der Waals surface area contributed by atoms with Gasteiger partial charge < -0.3 is 4.57 Å². The second kappa shape index (κ2) is 7.80. The quantitative estimate of drug-likeness (QED) is 0.514. The van der Waals surface area contributed by atoms with Crippen LogP contribution in [0.25, 0.3) is 33.0 Å². The van der Waals surface area contributed by atoms with Gasteiger partial charge >= 0.3 is 0 Å². The molecule has 0 aliphatic carbocycles. The van der Waals surface area contributed by atoms with Crippen LogP contribution < -0.4 is 10.3 Å². The number of anilines is 1. The molecule has 3 aromatic carbocycles. The van der Waals surface area contributed by atoms with Crippen LogP contribution in [0.1, 0.15) is 6.92 Å². The number of nitrogens with one attached hydrogen (secondary N) is 1. The molecule has 1 heterocycles. The predicted octanol–water partition coefficient (Wildman–Crippen LogP) is 4.63. The van der Waals surface area contributed by atoms with Crippen LogP contribution in [0, 0.1) is 0 Å². The van der Waals surface area contributed by atoms with Crippen LogP contribution in [0.3, 0.4) is 0 Å². The number of aromatic nitrogens is 1. The molecule has 4 aromatic rings. The first-order valence-corrected chi connectivity index (χ1v) is 11.3. The van der Waals surface area contributed by atoms with E-state index in [1.54, 1.807) is 42.9 Å². The number of hydrogen-bond donors (Lipinski definition) is 1. The maximum Gasteiger partial charge on any atom is 0.258 e. The van der Waals surface area contributed by atoms with E-state index in [2.05, 4.69) is 4.72 Å². The summed E-state index contributed by atoms with van der Waals surface area (Å²) < 4.78 is 28.1. The number of fused-ring (bicyclic) bond motifs is 1. The normalized spacial score (nSPS) is 11.5. The van der Waals surface area contributed by atoms with Gasteiger partial charge in [0.15, 0.2) is 0 Å². The van der Waals surface area contributed by atoms with Gasteiger partial charge in [-0.25, -0.2) is 8.42 Å². The van der Waals surface area contributed by atoms with E-state index in [0.717, 1.165) is 27.6 Å². The molecule has 0 bridgehead atoms. The number of rotatable bonds is 5. The molecule has 6 heteroatoms. The van der Waals surface area contributed by atoms with Crippen molar-refractivity contribution in [2.24, 2.45) is 7.05 Å². The van der Waals surface area contributed by atoms with Gasteiger partial charge in [0.1, 0.15) is 0 Å². The molecule has 0 amide bonds. The van der Waals surface area contributed by atoms with Crippen LogP contribution in [-0.4, -0.2) is 18.7 Å². The largest absolute Gasteiger partial charge is 0.317 e. The summed E-state index contributed by atoms with van der Waals surface area (Å²) in [6.45, 7) is 1.60. The minimum atomic E-state index is -3.38. The molecule has 4 rings (SSSR count). The van der Waals surface area contributed by atoms with E-state index < -0.39 is 10.0 Å². The molecule has 0 saturated heterocycles. The molecule has 0 fully saturated rings. The van der Waals surface area contributed by atoms with Crippen LogP contribution in [0.4, 0.5) is 5.69 Å². The zero-order chi connectivity index (χ0) is 21.3. The molecular weight excluding hydrogens is 396 g/mol. The first kappa shape index (κ1) is 19.9. The first-order valence-electron chi connectivity index (χ1n) is 9.68. The topological polar surface area (TPSA) is 68.2 Å². The fraction of sp³-hybridized carbons (Fsp3) is 0.125. The van der Waals surface area contributed by atoms with Crippen molar-refractivity contribution in [3.63, 3.8) is 0 Å². The summed E-state index contributed by atoms with van der Waals surface area (Å²) in [5.41, 5.74) is 4.20. The predicted molar refractivity (Wildman–Crippen MR) is 123 cm³/mol. The standard InChI is InChI=1S/C24H22N2O3S/c1-3-30(28,29)25-20-11-7-10-19(14-20)23-16-26(2)24(27)21-13-12-18(15-22(21)23)17-8-5-4-6-9-17/h4-16,25H,3H2,1-2H3. The van der Waals surface area contributed by atoms with E-state index in [9.17, 15) is 13.2 Å². The Bertz CT molecular complexity index is 1390. The van der Waals surface area contributed by atoms with E-state index in [1.165, 1.54) is 0 Å². The van der Waals surface area contributed by atoms with Crippen molar-refractivity contribution < 1.29 is 8.42 Å². The number of pyridine rings is 1. The molecule has 0 saturated carbocycles. The van der Waals surface area contributed by atoms with Crippen molar-refractivity contribution in [3.05, 3.63) is 89.3 Å². The van der Waals surface area contributed by atoms with Crippen LogP contribution in [-0.2, 0) is 17.1 Å². The molecule has 30 heavy (non-hydrogen) atoms. The SMILES string of the molecule is CCS(=O)(=O)Nc1cccc(-c2cn(C)c(=O)c3ccc(-c4ccccc4)cc23)c1. The Morgan fingerprint density at radius 2 is 1.57 bits per heavy atom. The van der Waals surface area contributed by atoms with Crippen molar-refractivity contribution >= 4 is 26.5 Å². The zero-order valence-electron chi connectivity index (χ0n) is 16.8. The second-order valence-electron chi connectivity index (χ2n) is 7.17. The average Bonchev–Trinajstić information content (AvgIpc) is 2.76. The Labute approximate surface area is 175 Å². The Morgan fingerprint density at radius 1 is 0.833 bits per heavy atom. The van der Waals surface area contributed by atoms with Crippen LogP contribution in [0.15, 0.2) is 83.8 Å². The first-order chi connectivity index (χ1) is 14.4.